The minimum absolute atomic E-state index is 0.0939. The topological polar surface area (TPSA) is 69.0 Å². The maximum atomic E-state index is 12.9. The van der Waals surface area contributed by atoms with E-state index < -0.39 is 0 Å². The summed E-state index contributed by atoms with van der Waals surface area (Å²) in [5, 5.41) is 3.09. The molecule has 1 N–H and O–H groups in total. The van der Waals surface area contributed by atoms with Gasteiger partial charge in [0.15, 0.2) is 0 Å². The summed E-state index contributed by atoms with van der Waals surface area (Å²) in [5.41, 5.74) is 0. The summed E-state index contributed by atoms with van der Waals surface area (Å²) in [7, 11) is 0. The van der Waals surface area contributed by atoms with Gasteiger partial charge in [-0.05, 0) is 51.7 Å². The van der Waals surface area contributed by atoms with Crippen molar-refractivity contribution in [1.82, 2.24) is 20.0 Å². The van der Waals surface area contributed by atoms with Gasteiger partial charge in [-0.3, -0.25) is 19.4 Å². The van der Waals surface area contributed by atoms with Gasteiger partial charge in [-0.15, -0.1) is 0 Å². The van der Waals surface area contributed by atoms with Gasteiger partial charge in [0.05, 0.1) is 19.1 Å². The first-order valence-corrected chi connectivity index (χ1v) is 10.6. The van der Waals surface area contributed by atoms with Gasteiger partial charge in [-0.2, -0.15) is 0 Å². The van der Waals surface area contributed by atoms with Gasteiger partial charge in [0.1, 0.15) is 11.5 Å². The van der Waals surface area contributed by atoms with Crippen LogP contribution in [0.2, 0.25) is 0 Å². The molecule has 4 rings (SSSR count). The Hall–Kier alpha value is -1.86. The van der Waals surface area contributed by atoms with Crippen LogP contribution in [0.1, 0.15) is 44.1 Å². The third-order valence-corrected chi connectivity index (χ3v) is 6.05. The molecule has 3 fully saturated rings. The van der Waals surface area contributed by atoms with Crippen molar-refractivity contribution in [2.75, 3.05) is 32.7 Å². The second-order valence-electron chi connectivity index (χ2n) is 8.54. The van der Waals surface area contributed by atoms with E-state index in [4.69, 9.17) is 4.42 Å². The van der Waals surface area contributed by atoms with Gasteiger partial charge in [-0.1, -0.05) is 0 Å². The Bertz CT molecular complexity index is 702. The first-order valence-electron chi connectivity index (χ1n) is 10.6. The van der Waals surface area contributed by atoms with E-state index in [2.05, 4.69) is 15.1 Å². The molecule has 0 bridgehead atoms. The number of amides is 2. The Balaban J connectivity index is 1.25. The summed E-state index contributed by atoms with van der Waals surface area (Å²) >= 11 is 0. The van der Waals surface area contributed by atoms with Crippen molar-refractivity contribution in [2.45, 2.75) is 64.2 Å². The van der Waals surface area contributed by atoms with E-state index >= 15 is 0 Å². The first-order chi connectivity index (χ1) is 13.5. The van der Waals surface area contributed by atoms with Crippen LogP contribution >= 0.6 is 0 Å². The summed E-state index contributed by atoms with van der Waals surface area (Å²) in [4.78, 5) is 31.6. The Labute approximate surface area is 167 Å². The molecule has 2 heterocycles. The third-order valence-electron chi connectivity index (χ3n) is 6.05. The normalized spacial score (nSPS) is 22.1. The van der Waals surface area contributed by atoms with Gasteiger partial charge in [-0.25, -0.2) is 0 Å². The molecule has 28 heavy (non-hydrogen) atoms. The number of hydrogen-bond donors (Lipinski definition) is 1. The molecular weight excluding hydrogens is 356 g/mol. The molecule has 1 aromatic heterocycles. The third kappa shape index (κ3) is 4.94. The first kappa shape index (κ1) is 19.5. The van der Waals surface area contributed by atoms with E-state index in [1.807, 2.05) is 30.9 Å². The van der Waals surface area contributed by atoms with E-state index in [0.29, 0.717) is 25.2 Å². The average molecular weight is 389 g/mol. The molecule has 154 valence electrons. The highest BCUT2D eigenvalue weighted by atomic mass is 16.3. The standard InChI is InChI=1S/C21H32N4O3/c1-15-3-8-19(28-15)13-25(18-6-7-18)20(26)14-23-9-11-24(12-10-23)16(2)21(27)22-17-4-5-17/h3,8,16-18H,4-7,9-14H2,1-2H3,(H,22,27). The molecule has 7 nitrogen and oxygen atoms in total. The lowest BCUT2D eigenvalue weighted by atomic mass is 10.2. The smallest absolute Gasteiger partial charge is 0.237 e. The summed E-state index contributed by atoms with van der Waals surface area (Å²) in [6, 6.07) is 4.59. The molecule has 0 spiro atoms. The van der Waals surface area contributed by atoms with Crippen LogP contribution < -0.4 is 5.32 Å². The van der Waals surface area contributed by atoms with E-state index in [-0.39, 0.29) is 17.9 Å². The zero-order chi connectivity index (χ0) is 19.7. The molecule has 0 aromatic carbocycles. The summed E-state index contributed by atoms with van der Waals surface area (Å²) in [6.07, 6.45) is 4.41. The Morgan fingerprint density at radius 2 is 1.89 bits per heavy atom. The fraction of sp³-hybridized carbons (Fsp3) is 0.714. The van der Waals surface area contributed by atoms with Crippen LogP contribution in [0.25, 0.3) is 0 Å². The number of aryl methyl sites for hydroxylation is 1. The monoisotopic (exact) mass is 388 g/mol. The molecule has 1 aliphatic heterocycles. The predicted molar refractivity (Wildman–Crippen MR) is 106 cm³/mol. The highest BCUT2D eigenvalue weighted by molar-refractivity contribution is 5.82. The van der Waals surface area contributed by atoms with Crippen LogP contribution in [-0.4, -0.2) is 77.4 Å². The van der Waals surface area contributed by atoms with Gasteiger partial charge < -0.3 is 14.6 Å². The van der Waals surface area contributed by atoms with Crippen LogP contribution in [0.5, 0.6) is 0 Å². The van der Waals surface area contributed by atoms with Crippen LogP contribution in [0.4, 0.5) is 0 Å². The molecule has 3 aliphatic rings. The number of piperazine rings is 1. The zero-order valence-corrected chi connectivity index (χ0v) is 17.0. The fourth-order valence-electron chi connectivity index (χ4n) is 3.85. The molecule has 7 heteroatoms. The molecule has 0 radical (unpaired) electrons. The van der Waals surface area contributed by atoms with E-state index in [0.717, 1.165) is 63.4 Å². The molecule has 1 atom stereocenters. The number of carbonyl (C=O) groups excluding carboxylic acids is 2. The molecule has 1 aromatic rings. The van der Waals surface area contributed by atoms with Crippen molar-refractivity contribution in [1.29, 1.82) is 0 Å². The van der Waals surface area contributed by atoms with Gasteiger partial charge in [0.2, 0.25) is 11.8 Å². The van der Waals surface area contributed by atoms with Crippen LogP contribution in [0.3, 0.4) is 0 Å². The number of rotatable bonds is 8. The van der Waals surface area contributed by atoms with Crippen LogP contribution in [0.15, 0.2) is 16.5 Å². The van der Waals surface area contributed by atoms with Crippen molar-refractivity contribution in [2.24, 2.45) is 0 Å². The number of nitrogens with one attached hydrogen (secondary N) is 1. The molecule has 2 amide bonds. The lowest BCUT2D eigenvalue weighted by molar-refractivity contribution is -0.135. The van der Waals surface area contributed by atoms with Gasteiger partial charge in [0, 0.05) is 38.3 Å². The highest BCUT2D eigenvalue weighted by Gasteiger charge is 2.35. The van der Waals surface area contributed by atoms with Crippen molar-refractivity contribution in [3.8, 4) is 0 Å². The minimum Gasteiger partial charge on any atom is -0.464 e. The molecule has 2 aliphatic carbocycles. The van der Waals surface area contributed by atoms with E-state index in [9.17, 15) is 9.59 Å². The SMILES string of the molecule is Cc1ccc(CN(C(=O)CN2CCN(C(C)C(=O)NC3CC3)CC2)C2CC2)o1. The quantitative estimate of drug-likeness (QED) is 0.728. The van der Waals surface area contributed by atoms with Crippen molar-refractivity contribution < 1.29 is 14.0 Å². The van der Waals surface area contributed by atoms with Crippen molar-refractivity contribution in [3.63, 3.8) is 0 Å². The molecule has 2 saturated carbocycles. The zero-order valence-electron chi connectivity index (χ0n) is 17.0. The van der Waals surface area contributed by atoms with E-state index in [1.165, 1.54) is 0 Å². The summed E-state index contributed by atoms with van der Waals surface area (Å²) in [6.45, 7) is 8.23. The minimum atomic E-state index is -0.0939. The highest BCUT2D eigenvalue weighted by Crippen LogP contribution is 2.29. The molecular formula is C21H32N4O3. The number of hydrogen-bond acceptors (Lipinski definition) is 5. The lowest BCUT2D eigenvalue weighted by Crippen LogP contribution is -2.55. The summed E-state index contributed by atoms with van der Waals surface area (Å²) < 4.78 is 5.67. The Morgan fingerprint density at radius 3 is 2.46 bits per heavy atom. The lowest BCUT2D eigenvalue weighted by Gasteiger charge is -2.37. The second kappa shape index (κ2) is 8.25. The van der Waals surface area contributed by atoms with Crippen molar-refractivity contribution in [3.05, 3.63) is 23.7 Å². The maximum absolute atomic E-state index is 12.9. The van der Waals surface area contributed by atoms with Gasteiger partial charge in [0.25, 0.3) is 0 Å². The predicted octanol–water partition coefficient (Wildman–Crippen LogP) is 1.36. The number of nitrogens with zero attached hydrogens (tertiary/aromatic N) is 3. The van der Waals surface area contributed by atoms with Crippen LogP contribution in [-0.2, 0) is 16.1 Å². The maximum Gasteiger partial charge on any atom is 0.237 e. The fourth-order valence-corrected chi connectivity index (χ4v) is 3.85. The van der Waals surface area contributed by atoms with Crippen molar-refractivity contribution >= 4 is 11.8 Å². The number of carbonyl (C=O) groups is 2. The molecule has 1 saturated heterocycles. The Morgan fingerprint density at radius 1 is 1.18 bits per heavy atom. The summed E-state index contributed by atoms with van der Waals surface area (Å²) in [5.74, 6) is 2.07. The second-order valence-corrected chi connectivity index (χ2v) is 8.54. The Kier molecular flexibility index (Phi) is 5.73. The average Bonchev–Trinajstić information content (AvgIpc) is 3.60. The number of furan rings is 1. The van der Waals surface area contributed by atoms with Crippen LogP contribution in [0, 0.1) is 6.92 Å². The largest absolute Gasteiger partial charge is 0.464 e. The molecule has 1 unspecified atom stereocenters. The van der Waals surface area contributed by atoms with E-state index in [1.54, 1.807) is 0 Å². The van der Waals surface area contributed by atoms with Gasteiger partial charge >= 0.3 is 0 Å².